The Bertz CT molecular complexity index is 1600. The van der Waals surface area contributed by atoms with Gasteiger partial charge in [0.2, 0.25) is 0 Å². The van der Waals surface area contributed by atoms with Crippen LogP contribution in [0.2, 0.25) is 5.02 Å². The van der Waals surface area contributed by atoms with Crippen LogP contribution in [0.4, 0.5) is 18.9 Å². The second-order valence-corrected chi connectivity index (χ2v) is 11.2. The molecular weight excluding hydrogens is 613 g/mol. The van der Waals surface area contributed by atoms with Crippen LogP contribution in [-0.4, -0.2) is 92.5 Å². The predicted molar refractivity (Wildman–Crippen MR) is 166 cm³/mol. The average Bonchev–Trinajstić information content (AvgIpc) is 3.39. The summed E-state index contributed by atoms with van der Waals surface area (Å²) in [4.78, 5) is 32.2. The van der Waals surface area contributed by atoms with Gasteiger partial charge in [0.25, 0.3) is 11.8 Å². The molecule has 3 N–H and O–H groups in total. The molecule has 14 heteroatoms. The van der Waals surface area contributed by atoms with Crippen molar-refractivity contribution in [3.63, 3.8) is 0 Å². The molecule has 0 saturated carbocycles. The topological polar surface area (TPSA) is 110 Å². The van der Waals surface area contributed by atoms with Crippen LogP contribution < -0.4 is 20.7 Å². The molecule has 0 radical (unpaired) electrons. The summed E-state index contributed by atoms with van der Waals surface area (Å²) in [6.07, 6.45) is -2.68. The van der Waals surface area contributed by atoms with E-state index in [1.54, 1.807) is 13.2 Å². The Hall–Kier alpha value is -3.99. The van der Waals surface area contributed by atoms with E-state index in [-0.39, 0.29) is 51.6 Å². The summed E-state index contributed by atoms with van der Waals surface area (Å²) >= 11 is 6.21. The fourth-order valence-corrected chi connectivity index (χ4v) is 5.54. The molecule has 1 aliphatic heterocycles. The van der Waals surface area contributed by atoms with Crippen molar-refractivity contribution < 1.29 is 32.2 Å². The van der Waals surface area contributed by atoms with Crippen molar-refractivity contribution in [2.45, 2.75) is 32.1 Å². The molecule has 1 aromatic heterocycles. The van der Waals surface area contributed by atoms with Gasteiger partial charge < -0.3 is 34.9 Å². The van der Waals surface area contributed by atoms with Crippen LogP contribution >= 0.6 is 11.6 Å². The second kappa shape index (κ2) is 14.9. The quantitative estimate of drug-likeness (QED) is 0.283. The second-order valence-electron chi connectivity index (χ2n) is 10.8. The van der Waals surface area contributed by atoms with Crippen LogP contribution in [0, 0.1) is 17.8 Å². The Kier molecular flexibility index (Phi) is 11.2. The van der Waals surface area contributed by atoms with Crippen molar-refractivity contribution in [1.82, 2.24) is 25.1 Å². The van der Waals surface area contributed by atoms with Crippen molar-refractivity contribution in [2.24, 2.45) is 5.92 Å². The summed E-state index contributed by atoms with van der Waals surface area (Å²) < 4.78 is 51.5. The summed E-state index contributed by atoms with van der Waals surface area (Å²) in [6.45, 7) is 3.88. The minimum absolute atomic E-state index is 0.0890. The van der Waals surface area contributed by atoms with Crippen LogP contribution in [0.3, 0.4) is 0 Å². The zero-order valence-electron chi connectivity index (χ0n) is 25.5. The lowest BCUT2D eigenvalue weighted by atomic mass is 9.93. The number of aromatic nitrogens is 2. The maximum atomic E-state index is 13.6. The molecule has 0 bridgehead atoms. The SMILES string of the molecule is CNC(=O)c1cc(NCC#Cc2cc(C(=O)N[C@H]3CCN(CCOC)C[C@@H]3C)c3ncn(CC(F)(F)F)c3c2)c(OC)cc1Cl. The molecule has 0 aliphatic carbocycles. The predicted octanol–water partition coefficient (Wildman–Crippen LogP) is 4.17. The van der Waals surface area contributed by atoms with Crippen molar-refractivity contribution in [2.75, 3.05) is 59.4 Å². The van der Waals surface area contributed by atoms with Gasteiger partial charge in [0.15, 0.2) is 0 Å². The number of nitrogens with zero attached hydrogens (tertiary/aromatic N) is 3. The first-order valence-electron chi connectivity index (χ1n) is 14.3. The first-order chi connectivity index (χ1) is 21.4. The van der Waals surface area contributed by atoms with Gasteiger partial charge in [-0.3, -0.25) is 9.59 Å². The number of likely N-dealkylation sites (tertiary alicyclic amines) is 1. The summed E-state index contributed by atoms with van der Waals surface area (Å²) in [5, 5.41) is 8.88. The van der Waals surface area contributed by atoms with Crippen molar-refractivity contribution >= 4 is 40.1 Å². The van der Waals surface area contributed by atoms with E-state index in [0.717, 1.165) is 36.9 Å². The maximum absolute atomic E-state index is 13.6. The normalized spacial score (nSPS) is 17.0. The van der Waals surface area contributed by atoms with Gasteiger partial charge in [-0.2, -0.15) is 13.2 Å². The van der Waals surface area contributed by atoms with E-state index >= 15 is 0 Å². The molecule has 0 unspecified atom stereocenters. The van der Waals surface area contributed by atoms with Crippen molar-refractivity contribution in [3.8, 4) is 17.6 Å². The lowest BCUT2D eigenvalue weighted by molar-refractivity contribution is -0.139. The largest absolute Gasteiger partial charge is 0.495 e. The number of hydrogen-bond donors (Lipinski definition) is 3. The number of ether oxygens (including phenoxy) is 2. The highest BCUT2D eigenvalue weighted by Crippen LogP contribution is 2.31. The molecular formula is C31H36ClF3N6O4. The van der Waals surface area contributed by atoms with Crippen LogP contribution in [0.25, 0.3) is 11.0 Å². The maximum Gasteiger partial charge on any atom is 0.406 e. The van der Waals surface area contributed by atoms with E-state index in [2.05, 4.69) is 44.6 Å². The molecule has 4 rings (SSSR count). The molecule has 2 amide bonds. The summed E-state index contributed by atoms with van der Waals surface area (Å²) in [5.74, 6) is 5.61. The number of amides is 2. The number of anilines is 1. The minimum Gasteiger partial charge on any atom is -0.495 e. The molecule has 45 heavy (non-hydrogen) atoms. The number of rotatable bonds is 10. The number of benzene rings is 2. The molecule has 1 fully saturated rings. The number of alkyl halides is 3. The highest BCUT2D eigenvalue weighted by molar-refractivity contribution is 6.34. The first kappa shape index (κ1) is 33.9. The van der Waals surface area contributed by atoms with Gasteiger partial charge in [-0.15, -0.1) is 0 Å². The third kappa shape index (κ3) is 8.59. The third-order valence-electron chi connectivity index (χ3n) is 7.60. The monoisotopic (exact) mass is 648 g/mol. The first-order valence-corrected chi connectivity index (χ1v) is 14.7. The molecule has 242 valence electrons. The van der Waals surface area contributed by atoms with Gasteiger partial charge >= 0.3 is 6.18 Å². The Morgan fingerprint density at radius 1 is 1.16 bits per heavy atom. The number of piperidine rings is 1. The lowest BCUT2D eigenvalue weighted by Crippen LogP contribution is -2.50. The number of methoxy groups -OCH3 is 2. The summed E-state index contributed by atoms with van der Waals surface area (Å²) in [5.41, 5.74) is 1.51. The van der Waals surface area contributed by atoms with E-state index < -0.39 is 18.6 Å². The average molecular weight is 649 g/mol. The van der Waals surface area contributed by atoms with Crippen molar-refractivity contribution in [1.29, 1.82) is 0 Å². The minimum atomic E-state index is -4.49. The zero-order chi connectivity index (χ0) is 32.7. The standard InChI is InChI=1S/C31H36ClF3N6O4/c1-19-16-40(10-11-44-3)9-7-24(19)39-30(43)22-12-20(13-26-28(22)38-18-41(26)17-31(33,34)35)6-5-8-37-25-14-21(29(42)36-2)23(32)15-27(25)45-4/h12-15,18-19,24,37H,7-11,16-17H2,1-4H3,(H,36,42)(H,39,43)/t19-,24-/m0/s1. The van der Waals surface area contributed by atoms with E-state index in [1.807, 2.05) is 0 Å². The molecule has 0 spiro atoms. The van der Waals surface area contributed by atoms with Gasteiger partial charge in [0.1, 0.15) is 17.8 Å². The number of nitrogens with one attached hydrogen (secondary N) is 3. The smallest absolute Gasteiger partial charge is 0.406 e. The van der Waals surface area contributed by atoms with E-state index in [9.17, 15) is 22.8 Å². The Morgan fingerprint density at radius 3 is 2.60 bits per heavy atom. The Labute approximate surface area is 264 Å². The fourth-order valence-electron chi connectivity index (χ4n) is 5.30. The molecule has 2 heterocycles. The number of fused-ring (bicyclic) bond motifs is 1. The lowest BCUT2D eigenvalue weighted by Gasteiger charge is -2.37. The van der Waals surface area contributed by atoms with Crippen LogP contribution in [0.15, 0.2) is 30.6 Å². The Morgan fingerprint density at radius 2 is 1.93 bits per heavy atom. The molecule has 10 nitrogen and oxygen atoms in total. The zero-order valence-corrected chi connectivity index (χ0v) is 26.2. The summed E-state index contributed by atoms with van der Waals surface area (Å²) in [6, 6.07) is 5.96. The number of carbonyl (C=O) groups is 2. The number of hydrogen-bond acceptors (Lipinski definition) is 7. The molecule has 2 atom stereocenters. The molecule has 1 aliphatic rings. The number of carbonyl (C=O) groups excluding carboxylic acids is 2. The fraction of sp³-hybridized carbons (Fsp3) is 0.452. The summed E-state index contributed by atoms with van der Waals surface area (Å²) in [7, 11) is 4.60. The highest BCUT2D eigenvalue weighted by Gasteiger charge is 2.31. The Balaban J connectivity index is 1.59. The van der Waals surface area contributed by atoms with Gasteiger partial charge in [-0.25, -0.2) is 4.98 Å². The molecule has 3 aromatic rings. The van der Waals surface area contributed by atoms with E-state index in [0.29, 0.717) is 23.6 Å². The van der Waals surface area contributed by atoms with E-state index in [4.69, 9.17) is 21.1 Å². The highest BCUT2D eigenvalue weighted by atomic mass is 35.5. The van der Waals surface area contributed by atoms with Crippen LogP contribution in [0.5, 0.6) is 5.75 Å². The van der Waals surface area contributed by atoms with Gasteiger partial charge in [0, 0.05) is 51.5 Å². The van der Waals surface area contributed by atoms with Gasteiger partial charge in [0.05, 0.1) is 53.9 Å². The van der Waals surface area contributed by atoms with Gasteiger partial charge in [-0.1, -0.05) is 30.4 Å². The van der Waals surface area contributed by atoms with Crippen LogP contribution in [0.1, 0.15) is 39.6 Å². The van der Waals surface area contributed by atoms with Gasteiger partial charge in [-0.05, 0) is 30.5 Å². The number of halogens is 4. The van der Waals surface area contributed by atoms with E-state index in [1.165, 1.54) is 32.4 Å². The molecule has 1 saturated heterocycles. The molecule has 2 aromatic carbocycles. The third-order valence-corrected chi connectivity index (χ3v) is 7.91. The number of imidazole rings is 1. The van der Waals surface area contributed by atoms with Crippen molar-refractivity contribution in [3.05, 3.63) is 52.3 Å². The van der Waals surface area contributed by atoms with Crippen LogP contribution in [-0.2, 0) is 11.3 Å².